The standard InChI is InChI=1S/C15H24N2OS.H3O4P/c1-3-17(4-2)11-5-6-12-19-15(18)13-7-9-14(16)10-8-13;1-5(2,3)4/h7-10H,3-6,11-12,16H2,1-2H3;(H3,1,2,3,4). The second-order valence-corrected chi connectivity index (χ2v) is 7.10. The lowest BCUT2D eigenvalue weighted by atomic mass is 10.2. The number of carbonyl (C=O) groups excluding carboxylic acids is 1. The van der Waals surface area contributed by atoms with Crippen LogP contribution in [0.4, 0.5) is 5.69 Å². The van der Waals surface area contributed by atoms with Crippen molar-refractivity contribution < 1.29 is 24.0 Å². The lowest BCUT2D eigenvalue weighted by Gasteiger charge is -2.17. The largest absolute Gasteiger partial charge is 0.466 e. The van der Waals surface area contributed by atoms with Crippen molar-refractivity contribution in [2.24, 2.45) is 0 Å². The van der Waals surface area contributed by atoms with Gasteiger partial charge in [-0.25, -0.2) is 4.57 Å². The van der Waals surface area contributed by atoms with Crippen LogP contribution in [0.15, 0.2) is 24.3 Å². The third-order valence-corrected chi connectivity index (χ3v) is 4.13. The Hall–Kier alpha value is -0.890. The van der Waals surface area contributed by atoms with E-state index in [1.165, 1.54) is 11.8 Å². The summed E-state index contributed by atoms with van der Waals surface area (Å²) in [5, 5.41) is 0.142. The third-order valence-electron chi connectivity index (χ3n) is 3.14. The molecule has 0 saturated heterocycles. The van der Waals surface area contributed by atoms with Crippen LogP contribution < -0.4 is 5.73 Å². The summed E-state index contributed by atoms with van der Waals surface area (Å²) < 4.78 is 8.88. The molecule has 0 unspecified atom stereocenters. The summed E-state index contributed by atoms with van der Waals surface area (Å²) in [5.41, 5.74) is 7.03. The molecule has 0 aliphatic rings. The highest BCUT2D eigenvalue weighted by atomic mass is 32.2. The zero-order valence-corrected chi connectivity index (χ0v) is 15.8. The number of unbranched alkanes of at least 4 members (excludes halogenated alkanes) is 1. The summed E-state index contributed by atoms with van der Waals surface area (Å²) in [5.74, 6) is 0.893. The molecule has 1 aromatic rings. The van der Waals surface area contributed by atoms with Gasteiger partial charge in [-0.15, -0.1) is 0 Å². The number of nitrogens with two attached hydrogens (primary N) is 1. The van der Waals surface area contributed by atoms with Gasteiger partial charge in [0, 0.05) is 17.0 Å². The smallest absolute Gasteiger partial charge is 0.399 e. The zero-order valence-electron chi connectivity index (χ0n) is 14.1. The van der Waals surface area contributed by atoms with Gasteiger partial charge in [0.05, 0.1) is 0 Å². The Bertz CT molecular complexity index is 509. The van der Waals surface area contributed by atoms with Gasteiger partial charge in [0.2, 0.25) is 5.12 Å². The van der Waals surface area contributed by atoms with Gasteiger partial charge in [-0.3, -0.25) is 4.79 Å². The van der Waals surface area contributed by atoms with Crippen molar-refractivity contribution in [3.05, 3.63) is 29.8 Å². The van der Waals surface area contributed by atoms with Crippen LogP contribution in [0, 0.1) is 0 Å². The van der Waals surface area contributed by atoms with E-state index in [2.05, 4.69) is 18.7 Å². The minimum atomic E-state index is -4.64. The first-order valence-corrected chi connectivity index (χ1v) is 10.3. The Morgan fingerprint density at radius 1 is 1.12 bits per heavy atom. The Morgan fingerprint density at radius 2 is 1.62 bits per heavy atom. The quantitative estimate of drug-likeness (QED) is 0.309. The molecular formula is C15H27N2O5PS. The van der Waals surface area contributed by atoms with Crippen molar-refractivity contribution in [3.63, 3.8) is 0 Å². The predicted octanol–water partition coefficient (Wildman–Crippen LogP) is 2.34. The van der Waals surface area contributed by atoms with Gasteiger partial charge in [0.25, 0.3) is 0 Å². The number of anilines is 1. The van der Waals surface area contributed by atoms with Gasteiger partial charge in [-0.1, -0.05) is 25.6 Å². The number of nitrogens with zero attached hydrogens (tertiary/aromatic N) is 1. The number of benzene rings is 1. The van der Waals surface area contributed by atoms with Crippen LogP contribution in [0.5, 0.6) is 0 Å². The molecule has 0 aliphatic heterocycles. The van der Waals surface area contributed by atoms with Crippen LogP contribution in [0.1, 0.15) is 37.0 Å². The minimum Gasteiger partial charge on any atom is -0.399 e. The predicted molar refractivity (Wildman–Crippen MR) is 98.9 cm³/mol. The molecule has 9 heteroatoms. The average Bonchev–Trinajstić information content (AvgIpc) is 2.50. The highest BCUT2D eigenvalue weighted by Gasteiger charge is 2.06. The molecule has 0 bridgehead atoms. The van der Waals surface area contributed by atoms with Gasteiger partial charge >= 0.3 is 7.82 Å². The molecule has 0 amide bonds. The molecule has 5 N–H and O–H groups in total. The molecule has 138 valence electrons. The van der Waals surface area contributed by atoms with Crippen molar-refractivity contribution in [1.29, 1.82) is 0 Å². The van der Waals surface area contributed by atoms with Gasteiger partial charge in [-0.2, -0.15) is 0 Å². The topological polar surface area (TPSA) is 124 Å². The van der Waals surface area contributed by atoms with Crippen LogP contribution in [0.2, 0.25) is 0 Å². The first-order valence-electron chi connectivity index (χ1n) is 7.70. The Balaban J connectivity index is 0.000000922. The highest BCUT2D eigenvalue weighted by Crippen LogP contribution is 2.25. The first-order chi connectivity index (χ1) is 11.2. The molecule has 0 aromatic heterocycles. The second kappa shape index (κ2) is 12.5. The van der Waals surface area contributed by atoms with E-state index in [-0.39, 0.29) is 5.12 Å². The van der Waals surface area contributed by atoms with E-state index in [4.69, 9.17) is 25.0 Å². The monoisotopic (exact) mass is 378 g/mol. The van der Waals surface area contributed by atoms with Crippen molar-refractivity contribution in [2.45, 2.75) is 26.7 Å². The van der Waals surface area contributed by atoms with Crippen molar-refractivity contribution >= 4 is 30.4 Å². The number of nitrogen functional groups attached to an aromatic ring is 1. The lowest BCUT2D eigenvalue weighted by Crippen LogP contribution is -2.23. The number of hydrogen-bond acceptors (Lipinski definition) is 5. The fourth-order valence-corrected chi connectivity index (χ4v) is 2.68. The Morgan fingerprint density at radius 3 is 2.08 bits per heavy atom. The molecular weight excluding hydrogens is 351 g/mol. The van der Waals surface area contributed by atoms with Crippen molar-refractivity contribution in [1.82, 2.24) is 4.90 Å². The summed E-state index contributed by atoms with van der Waals surface area (Å²) in [6.07, 6.45) is 2.24. The van der Waals surface area contributed by atoms with E-state index >= 15 is 0 Å². The van der Waals surface area contributed by atoms with Crippen molar-refractivity contribution in [3.8, 4) is 0 Å². The molecule has 0 fully saturated rings. The number of thioether (sulfide) groups is 1. The highest BCUT2D eigenvalue weighted by molar-refractivity contribution is 8.14. The molecule has 0 heterocycles. The van der Waals surface area contributed by atoms with Gasteiger partial charge in [0.15, 0.2) is 0 Å². The molecule has 0 spiro atoms. The maximum atomic E-state index is 11.9. The summed E-state index contributed by atoms with van der Waals surface area (Å²) in [4.78, 5) is 35.8. The SMILES string of the molecule is CCN(CC)CCCCSC(=O)c1ccc(N)cc1.O=P(O)(O)O. The second-order valence-electron chi connectivity index (χ2n) is 5.01. The first kappa shape index (κ1) is 23.1. The molecule has 24 heavy (non-hydrogen) atoms. The van der Waals surface area contributed by atoms with E-state index in [1.807, 2.05) is 0 Å². The zero-order chi connectivity index (χ0) is 18.6. The van der Waals surface area contributed by atoms with Crippen LogP contribution >= 0.6 is 19.6 Å². The Kier molecular flexibility index (Phi) is 12.0. The van der Waals surface area contributed by atoms with E-state index in [9.17, 15) is 4.79 Å². The molecule has 0 radical (unpaired) electrons. The number of hydrogen-bond donors (Lipinski definition) is 4. The number of phosphoric acid groups is 1. The molecule has 7 nitrogen and oxygen atoms in total. The molecule has 1 rings (SSSR count). The Labute approximate surface area is 147 Å². The maximum absolute atomic E-state index is 11.9. The molecule has 0 atom stereocenters. The third kappa shape index (κ3) is 13.5. The van der Waals surface area contributed by atoms with Crippen LogP contribution in [-0.2, 0) is 4.57 Å². The van der Waals surface area contributed by atoms with E-state index in [0.29, 0.717) is 5.69 Å². The van der Waals surface area contributed by atoms with Crippen LogP contribution in [-0.4, -0.2) is 50.1 Å². The minimum absolute atomic E-state index is 0.142. The van der Waals surface area contributed by atoms with Gasteiger partial charge in [0.1, 0.15) is 0 Å². The normalized spacial score (nSPS) is 11.1. The van der Waals surface area contributed by atoms with E-state index < -0.39 is 7.82 Å². The van der Waals surface area contributed by atoms with E-state index in [1.54, 1.807) is 24.3 Å². The van der Waals surface area contributed by atoms with Crippen LogP contribution in [0.25, 0.3) is 0 Å². The fraction of sp³-hybridized carbons (Fsp3) is 0.533. The summed E-state index contributed by atoms with van der Waals surface area (Å²) in [7, 11) is -4.64. The average molecular weight is 378 g/mol. The molecule has 0 aliphatic carbocycles. The number of carbonyl (C=O) groups is 1. The maximum Gasteiger partial charge on any atom is 0.466 e. The summed E-state index contributed by atoms with van der Waals surface area (Å²) >= 11 is 1.40. The molecule has 0 saturated carbocycles. The summed E-state index contributed by atoms with van der Waals surface area (Å²) in [6, 6.07) is 7.13. The van der Waals surface area contributed by atoms with Gasteiger partial charge in [-0.05, 0) is 56.7 Å². The molecule has 1 aromatic carbocycles. The number of rotatable bonds is 8. The van der Waals surface area contributed by atoms with Gasteiger partial charge < -0.3 is 25.3 Å². The lowest BCUT2D eigenvalue weighted by molar-refractivity contribution is 0.108. The van der Waals surface area contributed by atoms with Crippen molar-refractivity contribution in [2.75, 3.05) is 31.1 Å². The van der Waals surface area contributed by atoms with E-state index in [0.717, 1.165) is 43.8 Å². The summed E-state index contributed by atoms with van der Waals surface area (Å²) in [6.45, 7) is 7.71. The fourth-order valence-electron chi connectivity index (χ4n) is 1.84. The van der Waals surface area contributed by atoms with Crippen LogP contribution in [0.3, 0.4) is 0 Å².